The minimum absolute atomic E-state index is 0.0682. The molecule has 8 heteroatoms. The SMILES string of the molecule is COC(=O)C1=C(C)CSC2=C(C(=O)OCc3ccccc3)CC(N)C(=O)N21. The Morgan fingerprint density at radius 1 is 1.26 bits per heavy atom. The Hall–Kier alpha value is -2.58. The molecule has 1 atom stereocenters. The Kier molecular flexibility index (Phi) is 5.67. The fraction of sp³-hybridized carbons (Fsp3) is 0.316. The van der Waals surface area contributed by atoms with Gasteiger partial charge in [-0.2, -0.15) is 0 Å². The molecule has 7 nitrogen and oxygen atoms in total. The first kappa shape index (κ1) is 19.2. The minimum atomic E-state index is -0.931. The second-order valence-corrected chi connectivity index (χ2v) is 7.20. The summed E-state index contributed by atoms with van der Waals surface area (Å²) in [6.45, 7) is 1.86. The van der Waals surface area contributed by atoms with Gasteiger partial charge in [-0.3, -0.25) is 9.69 Å². The number of hydrogen-bond donors (Lipinski definition) is 1. The summed E-state index contributed by atoms with van der Waals surface area (Å²) < 4.78 is 10.2. The number of nitrogens with two attached hydrogens (primary N) is 1. The molecule has 2 aliphatic rings. The number of methoxy groups -OCH3 is 1. The van der Waals surface area contributed by atoms with Crippen molar-refractivity contribution in [3.63, 3.8) is 0 Å². The highest BCUT2D eigenvalue weighted by molar-refractivity contribution is 8.03. The van der Waals surface area contributed by atoms with Crippen LogP contribution in [0, 0.1) is 0 Å². The highest BCUT2D eigenvalue weighted by Gasteiger charge is 2.42. The van der Waals surface area contributed by atoms with E-state index in [2.05, 4.69) is 0 Å². The van der Waals surface area contributed by atoms with Crippen molar-refractivity contribution < 1.29 is 23.9 Å². The molecule has 0 saturated heterocycles. The Balaban J connectivity index is 1.92. The lowest BCUT2D eigenvalue weighted by Crippen LogP contribution is -2.50. The van der Waals surface area contributed by atoms with Crippen molar-refractivity contribution in [2.24, 2.45) is 5.73 Å². The highest BCUT2D eigenvalue weighted by atomic mass is 32.2. The summed E-state index contributed by atoms with van der Waals surface area (Å²) in [6, 6.07) is 8.36. The van der Waals surface area contributed by atoms with Crippen molar-refractivity contribution in [3.05, 3.63) is 57.8 Å². The summed E-state index contributed by atoms with van der Waals surface area (Å²) in [6.07, 6.45) is 0.0682. The van der Waals surface area contributed by atoms with Gasteiger partial charge in [-0.1, -0.05) is 30.3 Å². The van der Waals surface area contributed by atoms with E-state index in [0.717, 1.165) is 5.56 Å². The van der Waals surface area contributed by atoms with Crippen LogP contribution in [-0.2, 0) is 30.5 Å². The summed E-state index contributed by atoms with van der Waals surface area (Å²) in [4.78, 5) is 38.7. The van der Waals surface area contributed by atoms with Crippen molar-refractivity contribution in [2.75, 3.05) is 12.9 Å². The van der Waals surface area contributed by atoms with Gasteiger partial charge in [0.15, 0.2) is 0 Å². The molecule has 2 N–H and O–H groups in total. The van der Waals surface area contributed by atoms with Gasteiger partial charge in [0, 0.05) is 12.2 Å². The van der Waals surface area contributed by atoms with Crippen LogP contribution < -0.4 is 5.73 Å². The topological polar surface area (TPSA) is 98.9 Å². The molecule has 0 fully saturated rings. The molecule has 1 amide bonds. The third-order valence-corrected chi connectivity index (χ3v) is 5.59. The molecular formula is C19H20N2O5S. The zero-order valence-electron chi connectivity index (χ0n) is 15.1. The van der Waals surface area contributed by atoms with Gasteiger partial charge in [0.05, 0.1) is 23.8 Å². The fourth-order valence-electron chi connectivity index (χ4n) is 2.94. The molecule has 1 aromatic rings. The van der Waals surface area contributed by atoms with Crippen molar-refractivity contribution in [1.29, 1.82) is 0 Å². The minimum Gasteiger partial charge on any atom is -0.464 e. The van der Waals surface area contributed by atoms with E-state index in [9.17, 15) is 14.4 Å². The molecule has 0 aromatic heterocycles. The van der Waals surface area contributed by atoms with Gasteiger partial charge < -0.3 is 15.2 Å². The van der Waals surface area contributed by atoms with Crippen molar-refractivity contribution in [2.45, 2.75) is 26.0 Å². The van der Waals surface area contributed by atoms with Crippen LogP contribution in [0.15, 0.2) is 52.2 Å². The predicted molar refractivity (Wildman–Crippen MR) is 99.9 cm³/mol. The highest BCUT2D eigenvalue weighted by Crippen LogP contribution is 2.40. The Labute approximate surface area is 161 Å². The van der Waals surface area contributed by atoms with Crippen LogP contribution in [0.2, 0.25) is 0 Å². The molecule has 3 rings (SSSR count). The Morgan fingerprint density at radius 2 is 1.96 bits per heavy atom. The maximum absolute atomic E-state index is 12.7. The van der Waals surface area contributed by atoms with Gasteiger partial charge in [0.25, 0.3) is 0 Å². The van der Waals surface area contributed by atoms with Crippen molar-refractivity contribution in [3.8, 4) is 0 Å². The van der Waals surface area contributed by atoms with Crippen LogP contribution in [-0.4, -0.2) is 41.7 Å². The first-order chi connectivity index (χ1) is 12.9. The number of ether oxygens (including phenoxy) is 2. The number of amides is 1. The molecule has 0 aliphatic carbocycles. The van der Waals surface area contributed by atoms with Crippen LogP contribution in [0.3, 0.4) is 0 Å². The number of thioether (sulfide) groups is 1. The Bertz CT molecular complexity index is 847. The molecular weight excluding hydrogens is 368 g/mol. The number of esters is 2. The molecule has 142 valence electrons. The van der Waals surface area contributed by atoms with Gasteiger partial charge in [-0.15, -0.1) is 11.8 Å². The van der Waals surface area contributed by atoms with Crippen LogP contribution >= 0.6 is 11.8 Å². The predicted octanol–water partition coefficient (Wildman–Crippen LogP) is 1.69. The van der Waals surface area contributed by atoms with Gasteiger partial charge in [0.1, 0.15) is 12.3 Å². The number of nitrogens with zero attached hydrogens (tertiary/aromatic N) is 1. The molecule has 2 aliphatic heterocycles. The van der Waals surface area contributed by atoms with Crippen LogP contribution in [0.5, 0.6) is 0 Å². The van der Waals surface area contributed by atoms with Gasteiger partial charge in [-0.05, 0) is 18.1 Å². The molecule has 1 aromatic carbocycles. The number of carbonyl (C=O) groups is 3. The van der Waals surface area contributed by atoms with Gasteiger partial charge in [0.2, 0.25) is 5.91 Å². The normalized spacial score (nSPS) is 19.7. The summed E-state index contributed by atoms with van der Waals surface area (Å²) in [5, 5.41) is 0.394. The number of hydrogen-bond acceptors (Lipinski definition) is 7. The third-order valence-electron chi connectivity index (χ3n) is 4.31. The molecule has 0 spiro atoms. The van der Waals surface area contributed by atoms with Crippen LogP contribution in [0.1, 0.15) is 18.9 Å². The standard InChI is InChI=1S/C19H20N2O5S/c1-11-10-27-17-13(18(23)26-9-12-6-4-3-5-7-12)8-14(20)16(22)21(17)15(11)19(24)25-2/h3-7,14H,8-10,20H2,1-2H3. The second kappa shape index (κ2) is 7.98. The quantitative estimate of drug-likeness (QED) is 0.784. The number of benzene rings is 1. The van der Waals surface area contributed by atoms with E-state index in [0.29, 0.717) is 21.9 Å². The fourth-order valence-corrected chi connectivity index (χ4v) is 4.08. The smallest absolute Gasteiger partial charge is 0.355 e. The van der Waals surface area contributed by atoms with E-state index in [-0.39, 0.29) is 18.7 Å². The molecule has 0 saturated carbocycles. The number of rotatable bonds is 4. The van der Waals surface area contributed by atoms with E-state index < -0.39 is 23.9 Å². The van der Waals surface area contributed by atoms with Crippen molar-refractivity contribution >= 4 is 29.6 Å². The lowest BCUT2D eigenvalue weighted by atomic mass is 10.0. The van der Waals surface area contributed by atoms with E-state index in [1.54, 1.807) is 6.92 Å². The number of carbonyl (C=O) groups excluding carboxylic acids is 3. The lowest BCUT2D eigenvalue weighted by Gasteiger charge is -2.37. The largest absolute Gasteiger partial charge is 0.464 e. The molecule has 0 radical (unpaired) electrons. The molecule has 1 unspecified atom stereocenters. The zero-order valence-corrected chi connectivity index (χ0v) is 15.9. The van der Waals surface area contributed by atoms with Crippen molar-refractivity contribution in [1.82, 2.24) is 4.90 Å². The van der Waals surface area contributed by atoms with E-state index in [4.69, 9.17) is 15.2 Å². The van der Waals surface area contributed by atoms with E-state index in [1.807, 2.05) is 30.3 Å². The third kappa shape index (κ3) is 3.77. The monoisotopic (exact) mass is 388 g/mol. The average molecular weight is 388 g/mol. The summed E-state index contributed by atoms with van der Waals surface area (Å²) in [5.74, 6) is -1.15. The maximum Gasteiger partial charge on any atom is 0.355 e. The Morgan fingerprint density at radius 3 is 2.63 bits per heavy atom. The van der Waals surface area contributed by atoms with Crippen LogP contribution in [0.4, 0.5) is 0 Å². The molecule has 2 heterocycles. The average Bonchev–Trinajstić information content (AvgIpc) is 2.69. The summed E-state index contributed by atoms with van der Waals surface area (Å²) in [5.41, 5.74) is 7.92. The summed E-state index contributed by atoms with van der Waals surface area (Å²) in [7, 11) is 1.25. The molecule has 27 heavy (non-hydrogen) atoms. The lowest BCUT2D eigenvalue weighted by molar-refractivity contribution is -0.144. The van der Waals surface area contributed by atoms with Gasteiger partial charge >= 0.3 is 11.9 Å². The van der Waals surface area contributed by atoms with Gasteiger partial charge in [-0.25, -0.2) is 9.59 Å². The molecule has 0 bridgehead atoms. The zero-order chi connectivity index (χ0) is 19.6. The first-order valence-corrected chi connectivity index (χ1v) is 9.37. The summed E-state index contributed by atoms with van der Waals surface area (Å²) >= 11 is 1.31. The van der Waals surface area contributed by atoms with E-state index >= 15 is 0 Å². The van der Waals surface area contributed by atoms with E-state index in [1.165, 1.54) is 23.8 Å². The van der Waals surface area contributed by atoms with Crippen LogP contribution in [0.25, 0.3) is 0 Å². The second-order valence-electron chi connectivity index (χ2n) is 6.24. The number of fused-ring (bicyclic) bond motifs is 1. The maximum atomic E-state index is 12.7. The first-order valence-electron chi connectivity index (χ1n) is 8.38.